The minimum Gasteiger partial charge on any atom is -0.455 e. The Morgan fingerprint density at radius 1 is 1.03 bits per heavy atom. The van der Waals surface area contributed by atoms with Gasteiger partial charge in [0.05, 0.1) is 0 Å². The van der Waals surface area contributed by atoms with Gasteiger partial charge in [-0.1, -0.05) is 37.3 Å². The van der Waals surface area contributed by atoms with E-state index in [2.05, 4.69) is 20.5 Å². The maximum Gasteiger partial charge on any atom is 0.416 e. The largest absolute Gasteiger partial charge is 0.455 e. The SMILES string of the molecule is CCc1ccccc1N(C)C(=O)OCOc1ccccc1N=Nc1ccc(NC(=O)CCN)nc1N. The Morgan fingerprint density at radius 3 is 2.50 bits per heavy atom. The van der Waals surface area contributed by atoms with E-state index in [1.807, 2.05) is 31.2 Å². The molecule has 1 heterocycles. The van der Waals surface area contributed by atoms with Crippen molar-refractivity contribution in [2.75, 3.05) is 36.3 Å². The van der Waals surface area contributed by atoms with Crippen molar-refractivity contribution < 1.29 is 19.1 Å². The first-order valence-electron chi connectivity index (χ1n) is 11.3. The molecule has 11 heteroatoms. The van der Waals surface area contributed by atoms with Gasteiger partial charge in [0.2, 0.25) is 12.7 Å². The lowest BCUT2D eigenvalue weighted by Gasteiger charge is -2.20. The van der Waals surface area contributed by atoms with Gasteiger partial charge < -0.3 is 26.3 Å². The number of anilines is 3. The summed E-state index contributed by atoms with van der Waals surface area (Å²) in [7, 11) is 1.65. The van der Waals surface area contributed by atoms with Gasteiger partial charge in [-0.05, 0) is 42.3 Å². The molecular weight excluding hydrogens is 462 g/mol. The Morgan fingerprint density at radius 2 is 1.75 bits per heavy atom. The molecule has 2 amide bonds. The molecule has 0 aliphatic rings. The molecule has 36 heavy (non-hydrogen) atoms. The lowest BCUT2D eigenvalue weighted by molar-refractivity contribution is -0.116. The molecule has 0 fully saturated rings. The number of hydrogen-bond acceptors (Lipinski definition) is 9. The van der Waals surface area contributed by atoms with E-state index in [4.69, 9.17) is 20.9 Å². The van der Waals surface area contributed by atoms with Crippen LogP contribution in [0.1, 0.15) is 18.9 Å². The number of carbonyl (C=O) groups excluding carboxylic acids is 2. The number of hydrogen-bond donors (Lipinski definition) is 3. The van der Waals surface area contributed by atoms with Crippen molar-refractivity contribution in [1.29, 1.82) is 0 Å². The van der Waals surface area contributed by atoms with Crippen LogP contribution in [0.5, 0.6) is 5.75 Å². The van der Waals surface area contributed by atoms with Gasteiger partial charge in [-0.2, -0.15) is 0 Å². The van der Waals surface area contributed by atoms with E-state index < -0.39 is 6.09 Å². The second-order valence-corrected chi connectivity index (χ2v) is 7.57. The van der Waals surface area contributed by atoms with Crippen LogP contribution in [0.15, 0.2) is 70.9 Å². The second-order valence-electron chi connectivity index (χ2n) is 7.57. The van der Waals surface area contributed by atoms with Gasteiger partial charge in [-0.25, -0.2) is 9.78 Å². The van der Waals surface area contributed by atoms with Crippen molar-refractivity contribution >= 4 is 40.7 Å². The normalized spacial score (nSPS) is 10.8. The van der Waals surface area contributed by atoms with Crippen LogP contribution in [-0.2, 0) is 16.0 Å². The molecule has 3 rings (SSSR count). The predicted molar refractivity (Wildman–Crippen MR) is 138 cm³/mol. The van der Waals surface area contributed by atoms with Gasteiger partial charge in [-0.15, -0.1) is 10.2 Å². The number of rotatable bonds is 10. The summed E-state index contributed by atoms with van der Waals surface area (Å²) in [5.74, 6) is 0.489. The van der Waals surface area contributed by atoms with Gasteiger partial charge in [0.25, 0.3) is 0 Å². The molecule has 0 atom stereocenters. The van der Waals surface area contributed by atoms with Gasteiger partial charge >= 0.3 is 6.09 Å². The van der Waals surface area contributed by atoms with E-state index in [1.165, 1.54) is 4.90 Å². The van der Waals surface area contributed by atoms with E-state index in [-0.39, 0.29) is 31.5 Å². The molecule has 0 unspecified atom stereocenters. The lowest BCUT2D eigenvalue weighted by Crippen LogP contribution is -2.29. The first-order valence-corrected chi connectivity index (χ1v) is 11.3. The summed E-state index contributed by atoms with van der Waals surface area (Å²) in [6.45, 7) is 1.94. The summed E-state index contributed by atoms with van der Waals surface area (Å²) in [4.78, 5) is 29.7. The highest BCUT2D eigenvalue weighted by Crippen LogP contribution is 2.30. The third kappa shape index (κ3) is 7.00. The van der Waals surface area contributed by atoms with Crippen molar-refractivity contribution in [2.45, 2.75) is 19.8 Å². The zero-order chi connectivity index (χ0) is 25.9. The average molecular weight is 492 g/mol. The molecule has 1 aromatic heterocycles. The molecule has 0 radical (unpaired) electrons. The van der Waals surface area contributed by atoms with Crippen molar-refractivity contribution in [3.05, 3.63) is 66.2 Å². The number of nitrogens with two attached hydrogens (primary N) is 2. The summed E-state index contributed by atoms with van der Waals surface area (Å²) in [5.41, 5.74) is 13.8. The Kier molecular flexibility index (Phi) is 9.29. The van der Waals surface area contributed by atoms with Crippen molar-refractivity contribution in [2.24, 2.45) is 16.0 Å². The smallest absolute Gasteiger partial charge is 0.416 e. The van der Waals surface area contributed by atoms with Gasteiger partial charge in [0.15, 0.2) is 11.6 Å². The van der Waals surface area contributed by atoms with Gasteiger partial charge in [-0.3, -0.25) is 9.69 Å². The predicted octanol–water partition coefficient (Wildman–Crippen LogP) is 4.54. The average Bonchev–Trinajstić information content (AvgIpc) is 2.88. The van der Waals surface area contributed by atoms with Crippen LogP contribution >= 0.6 is 0 Å². The fourth-order valence-corrected chi connectivity index (χ4v) is 3.20. The number of carbonyl (C=O) groups is 2. The number of nitrogens with one attached hydrogen (secondary N) is 1. The number of aryl methyl sites for hydroxylation is 1. The third-order valence-electron chi connectivity index (χ3n) is 5.08. The Hall–Kier alpha value is -4.51. The minimum absolute atomic E-state index is 0.0898. The molecule has 2 aromatic carbocycles. The maximum absolute atomic E-state index is 12.5. The quantitative estimate of drug-likeness (QED) is 0.277. The number of aromatic nitrogens is 1. The van der Waals surface area contributed by atoms with Crippen LogP contribution in [-0.4, -0.2) is 37.4 Å². The fourth-order valence-electron chi connectivity index (χ4n) is 3.20. The highest BCUT2D eigenvalue weighted by molar-refractivity contribution is 5.90. The summed E-state index contributed by atoms with van der Waals surface area (Å²) in [6, 6.07) is 17.6. The van der Waals surface area contributed by atoms with Crippen LogP contribution in [0.3, 0.4) is 0 Å². The Balaban J connectivity index is 1.62. The molecule has 11 nitrogen and oxygen atoms in total. The number of azo groups is 1. The van der Waals surface area contributed by atoms with E-state index in [0.29, 0.717) is 22.9 Å². The number of nitrogen functional groups attached to an aromatic ring is 1. The van der Waals surface area contributed by atoms with Crippen LogP contribution in [0, 0.1) is 0 Å². The third-order valence-corrected chi connectivity index (χ3v) is 5.08. The lowest BCUT2D eigenvalue weighted by atomic mass is 10.1. The molecular formula is C25H29N7O4. The van der Waals surface area contributed by atoms with E-state index in [1.54, 1.807) is 43.4 Å². The number of para-hydroxylation sites is 2. The molecule has 0 aliphatic heterocycles. The highest BCUT2D eigenvalue weighted by atomic mass is 16.7. The molecule has 5 N–H and O–H groups in total. The first kappa shape index (κ1) is 26.1. The van der Waals surface area contributed by atoms with Crippen LogP contribution in [0.25, 0.3) is 0 Å². The summed E-state index contributed by atoms with van der Waals surface area (Å²) >= 11 is 0. The zero-order valence-electron chi connectivity index (χ0n) is 20.2. The highest BCUT2D eigenvalue weighted by Gasteiger charge is 2.15. The van der Waals surface area contributed by atoms with Gasteiger partial charge in [0, 0.05) is 25.7 Å². The molecule has 3 aromatic rings. The van der Waals surface area contributed by atoms with Crippen molar-refractivity contribution in [3.63, 3.8) is 0 Å². The number of ether oxygens (including phenoxy) is 2. The summed E-state index contributed by atoms with van der Waals surface area (Å²) in [6.07, 6.45) is 0.415. The monoisotopic (exact) mass is 491 g/mol. The van der Waals surface area contributed by atoms with E-state index in [0.717, 1.165) is 17.7 Å². The van der Waals surface area contributed by atoms with Gasteiger partial charge in [0.1, 0.15) is 17.2 Å². The molecule has 0 aliphatic carbocycles. The molecule has 0 saturated carbocycles. The van der Waals surface area contributed by atoms with Crippen LogP contribution in [0.4, 0.5) is 33.5 Å². The molecule has 0 saturated heterocycles. The zero-order valence-corrected chi connectivity index (χ0v) is 20.2. The van der Waals surface area contributed by atoms with E-state index >= 15 is 0 Å². The first-order chi connectivity index (χ1) is 17.4. The molecule has 0 spiro atoms. The number of nitrogens with zero attached hydrogens (tertiary/aromatic N) is 4. The number of benzene rings is 2. The summed E-state index contributed by atoms with van der Waals surface area (Å²) in [5, 5.41) is 10.9. The van der Waals surface area contributed by atoms with Crippen molar-refractivity contribution in [1.82, 2.24) is 4.98 Å². The van der Waals surface area contributed by atoms with Crippen LogP contribution in [0.2, 0.25) is 0 Å². The van der Waals surface area contributed by atoms with Crippen LogP contribution < -0.4 is 26.4 Å². The van der Waals surface area contributed by atoms with E-state index in [9.17, 15) is 9.59 Å². The summed E-state index contributed by atoms with van der Waals surface area (Å²) < 4.78 is 10.9. The molecule has 0 bridgehead atoms. The fraction of sp³-hybridized carbons (Fsp3) is 0.240. The molecule has 188 valence electrons. The number of amides is 2. The topological polar surface area (TPSA) is 158 Å². The standard InChI is InChI=1S/C25H29N7O4/c1-3-17-8-4-6-10-20(17)32(2)25(34)36-16-35-21-11-7-5-9-18(21)30-31-19-12-13-22(29-24(19)27)28-23(33)14-15-26/h4-13H,3,14-16,26H2,1-2H3,(H3,27,28,29,33). The Bertz CT molecular complexity index is 1230. The second kappa shape index (κ2) is 12.8. The number of pyridine rings is 1. The Labute approximate surface area is 209 Å². The maximum atomic E-state index is 12.5. The minimum atomic E-state index is -0.549. The van der Waals surface area contributed by atoms with Crippen molar-refractivity contribution in [3.8, 4) is 5.75 Å².